The molecule has 0 atom stereocenters. The SMILES string of the molecule is COC(C)(C)CCSc1nc2ccc(NC(=O)COc3ccc(OC(C)=O)cc3)cc2s1. The van der Waals surface area contributed by atoms with E-state index in [1.165, 1.54) is 6.92 Å². The summed E-state index contributed by atoms with van der Waals surface area (Å²) < 4.78 is 17.9. The summed E-state index contributed by atoms with van der Waals surface area (Å²) in [6.07, 6.45) is 0.928. The zero-order chi connectivity index (χ0) is 23.1. The number of carbonyl (C=O) groups excluding carboxylic acids is 2. The molecule has 3 aromatic rings. The van der Waals surface area contributed by atoms with Gasteiger partial charge in [-0.15, -0.1) is 11.3 Å². The minimum absolute atomic E-state index is 0.135. The number of rotatable bonds is 10. The molecule has 170 valence electrons. The molecule has 0 aliphatic carbocycles. The van der Waals surface area contributed by atoms with Gasteiger partial charge in [-0.3, -0.25) is 9.59 Å². The molecule has 0 saturated carbocycles. The molecule has 1 N–H and O–H groups in total. The fraction of sp³-hybridized carbons (Fsp3) is 0.348. The standard InChI is InChI=1S/C23H26N2O5S2/c1-15(26)30-18-8-6-17(7-9-18)29-14-21(27)24-16-5-10-19-20(13-16)32-22(25-19)31-12-11-23(2,3)28-4/h5-10,13H,11-12,14H2,1-4H3,(H,24,27). The Labute approximate surface area is 195 Å². The van der Waals surface area contributed by atoms with Gasteiger partial charge in [0.15, 0.2) is 10.9 Å². The zero-order valence-electron chi connectivity index (χ0n) is 18.5. The summed E-state index contributed by atoms with van der Waals surface area (Å²) in [5, 5.41) is 2.84. The molecule has 32 heavy (non-hydrogen) atoms. The van der Waals surface area contributed by atoms with Crippen LogP contribution < -0.4 is 14.8 Å². The van der Waals surface area contributed by atoms with E-state index in [4.69, 9.17) is 14.2 Å². The number of benzene rings is 2. The Kier molecular flexibility index (Phi) is 8.11. The summed E-state index contributed by atoms with van der Waals surface area (Å²) in [5.41, 5.74) is 1.45. The lowest BCUT2D eigenvalue weighted by Crippen LogP contribution is -2.22. The van der Waals surface area contributed by atoms with E-state index < -0.39 is 5.97 Å². The number of methoxy groups -OCH3 is 1. The Morgan fingerprint density at radius 3 is 2.53 bits per heavy atom. The monoisotopic (exact) mass is 474 g/mol. The lowest BCUT2D eigenvalue weighted by molar-refractivity contribution is -0.131. The van der Waals surface area contributed by atoms with Gasteiger partial charge in [-0.25, -0.2) is 4.98 Å². The summed E-state index contributed by atoms with van der Waals surface area (Å²) in [6, 6.07) is 12.2. The molecular formula is C23H26N2O5S2. The highest BCUT2D eigenvalue weighted by Crippen LogP contribution is 2.32. The summed E-state index contributed by atoms with van der Waals surface area (Å²) in [4.78, 5) is 27.9. The molecule has 0 radical (unpaired) electrons. The Balaban J connectivity index is 1.51. The van der Waals surface area contributed by atoms with Crippen LogP contribution in [0, 0.1) is 0 Å². The van der Waals surface area contributed by atoms with Crippen molar-refractivity contribution in [1.29, 1.82) is 0 Å². The number of aromatic nitrogens is 1. The van der Waals surface area contributed by atoms with Crippen molar-refractivity contribution < 1.29 is 23.8 Å². The van der Waals surface area contributed by atoms with E-state index >= 15 is 0 Å². The first-order valence-corrected chi connectivity index (χ1v) is 11.8. The molecule has 1 heterocycles. The van der Waals surface area contributed by atoms with Gasteiger partial charge in [0.1, 0.15) is 11.5 Å². The number of nitrogens with zero attached hydrogens (tertiary/aromatic N) is 1. The van der Waals surface area contributed by atoms with Crippen LogP contribution in [0.1, 0.15) is 27.2 Å². The fourth-order valence-corrected chi connectivity index (χ4v) is 5.07. The van der Waals surface area contributed by atoms with E-state index in [0.717, 1.165) is 26.7 Å². The van der Waals surface area contributed by atoms with Gasteiger partial charge in [0.05, 0.1) is 15.8 Å². The van der Waals surface area contributed by atoms with Crippen LogP contribution in [0.4, 0.5) is 5.69 Å². The predicted molar refractivity (Wildman–Crippen MR) is 128 cm³/mol. The van der Waals surface area contributed by atoms with Gasteiger partial charge in [-0.05, 0) is 62.7 Å². The molecule has 0 saturated heterocycles. The lowest BCUT2D eigenvalue weighted by Gasteiger charge is -2.21. The second-order valence-electron chi connectivity index (χ2n) is 7.63. The van der Waals surface area contributed by atoms with Crippen molar-refractivity contribution in [3.05, 3.63) is 42.5 Å². The largest absolute Gasteiger partial charge is 0.484 e. The van der Waals surface area contributed by atoms with Crippen molar-refractivity contribution in [2.45, 2.75) is 37.1 Å². The van der Waals surface area contributed by atoms with Crippen LogP contribution in [-0.2, 0) is 14.3 Å². The second-order valence-corrected chi connectivity index (χ2v) is 10.00. The molecule has 3 rings (SSSR count). The van der Waals surface area contributed by atoms with Crippen LogP contribution in [0.5, 0.6) is 11.5 Å². The number of amides is 1. The van der Waals surface area contributed by atoms with Gasteiger partial charge in [0.2, 0.25) is 0 Å². The minimum Gasteiger partial charge on any atom is -0.484 e. The third-order valence-corrected chi connectivity index (χ3v) is 6.75. The Morgan fingerprint density at radius 2 is 1.84 bits per heavy atom. The van der Waals surface area contributed by atoms with E-state index in [9.17, 15) is 9.59 Å². The summed E-state index contributed by atoms with van der Waals surface area (Å²) in [5.74, 6) is 1.19. The van der Waals surface area contributed by atoms with Gasteiger partial charge in [-0.1, -0.05) is 11.8 Å². The number of anilines is 1. The Hall–Kier alpha value is -2.62. The first-order valence-electron chi connectivity index (χ1n) is 10.0. The highest BCUT2D eigenvalue weighted by atomic mass is 32.2. The smallest absolute Gasteiger partial charge is 0.308 e. The summed E-state index contributed by atoms with van der Waals surface area (Å²) >= 11 is 3.32. The number of nitrogens with one attached hydrogen (secondary N) is 1. The van der Waals surface area contributed by atoms with Crippen molar-refractivity contribution >= 4 is 50.9 Å². The maximum atomic E-state index is 12.3. The maximum Gasteiger partial charge on any atom is 0.308 e. The first kappa shape index (κ1) is 24.0. The number of thioether (sulfide) groups is 1. The second kappa shape index (κ2) is 10.8. The number of ether oxygens (including phenoxy) is 3. The van der Waals surface area contributed by atoms with E-state index in [-0.39, 0.29) is 18.1 Å². The van der Waals surface area contributed by atoms with E-state index in [1.54, 1.807) is 54.5 Å². The lowest BCUT2D eigenvalue weighted by atomic mass is 10.1. The van der Waals surface area contributed by atoms with Crippen LogP contribution >= 0.6 is 23.1 Å². The van der Waals surface area contributed by atoms with Gasteiger partial charge >= 0.3 is 5.97 Å². The van der Waals surface area contributed by atoms with Crippen LogP contribution in [0.3, 0.4) is 0 Å². The number of fused-ring (bicyclic) bond motifs is 1. The van der Waals surface area contributed by atoms with Crippen LogP contribution in [0.25, 0.3) is 10.2 Å². The molecule has 2 aromatic carbocycles. The average Bonchev–Trinajstić information content (AvgIpc) is 3.14. The van der Waals surface area contributed by atoms with Gasteiger partial charge < -0.3 is 19.5 Å². The first-order chi connectivity index (χ1) is 15.2. The zero-order valence-corrected chi connectivity index (χ0v) is 20.1. The quantitative estimate of drug-likeness (QED) is 0.247. The third kappa shape index (κ3) is 7.22. The van der Waals surface area contributed by atoms with Crippen molar-refractivity contribution in [3.8, 4) is 11.5 Å². The predicted octanol–water partition coefficient (Wildman–Crippen LogP) is 5.15. The molecule has 7 nitrogen and oxygen atoms in total. The molecule has 0 spiro atoms. The Bertz CT molecular complexity index is 1080. The molecular weight excluding hydrogens is 448 g/mol. The Morgan fingerprint density at radius 1 is 1.12 bits per heavy atom. The fourth-order valence-electron chi connectivity index (χ4n) is 2.64. The number of hydrogen-bond acceptors (Lipinski definition) is 8. The number of esters is 1. The van der Waals surface area contributed by atoms with Crippen molar-refractivity contribution in [1.82, 2.24) is 4.98 Å². The maximum absolute atomic E-state index is 12.3. The van der Waals surface area contributed by atoms with Gasteiger partial charge in [0, 0.05) is 25.5 Å². The number of carbonyl (C=O) groups is 2. The van der Waals surface area contributed by atoms with E-state index in [1.807, 2.05) is 18.2 Å². The minimum atomic E-state index is -0.392. The molecule has 0 fully saturated rings. The van der Waals surface area contributed by atoms with E-state index in [2.05, 4.69) is 24.1 Å². The van der Waals surface area contributed by atoms with Crippen LogP contribution in [0.15, 0.2) is 46.8 Å². The van der Waals surface area contributed by atoms with Crippen molar-refractivity contribution in [3.63, 3.8) is 0 Å². The van der Waals surface area contributed by atoms with Crippen molar-refractivity contribution in [2.24, 2.45) is 0 Å². The number of thiazole rings is 1. The van der Waals surface area contributed by atoms with Gasteiger partial charge in [0.25, 0.3) is 5.91 Å². The molecule has 0 unspecified atom stereocenters. The molecule has 1 aromatic heterocycles. The average molecular weight is 475 g/mol. The molecule has 0 bridgehead atoms. The molecule has 9 heteroatoms. The van der Waals surface area contributed by atoms with Gasteiger partial charge in [-0.2, -0.15) is 0 Å². The van der Waals surface area contributed by atoms with Crippen molar-refractivity contribution in [2.75, 3.05) is 24.8 Å². The third-order valence-electron chi connectivity index (χ3n) is 4.59. The van der Waals surface area contributed by atoms with Crippen LogP contribution in [0.2, 0.25) is 0 Å². The molecule has 0 aliphatic rings. The summed E-state index contributed by atoms with van der Waals surface area (Å²) in [6.45, 7) is 5.34. The summed E-state index contributed by atoms with van der Waals surface area (Å²) in [7, 11) is 1.73. The normalized spacial score (nSPS) is 11.4. The number of hydrogen-bond donors (Lipinski definition) is 1. The highest BCUT2D eigenvalue weighted by Gasteiger charge is 2.16. The molecule has 1 amide bonds. The molecule has 0 aliphatic heterocycles. The highest BCUT2D eigenvalue weighted by molar-refractivity contribution is 8.01. The van der Waals surface area contributed by atoms with Crippen LogP contribution in [-0.4, -0.2) is 41.9 Å². The topological polar surface area (TPSA) is 86.8 Å². The van der Waals surface area contributed by atoms with E-state index in [0.29, 0.717) is 17.2 Å².